The van der Waals surface area contributed by atoms with Crippen LogP contribution in [0.4, 0.5) is 10.5 Å². The van der Waals surface area contributed by atoms with Crippen molar-refractivity contribution in [3.8, 4) is 11.5 Å². The van der Waals surface area contributed by atoms with Gasteiger partial charge in [-0.05, 0) is 74.1 Å². The van der Waals surface area contributed by atoms with Gasteiger partial charge in [-0.1, -0.05) is 19.1 Å². The number of aromatic nitrogens is 2. The molecule has 1 N–H and O–H groups in total. The molecule has 1 unspecified atom stereocenters. The number of amides is 2. The predicted molar refractivity (Wildman–Crippen MR) is 145 cm³/mol. The van der Waals surface area contributed by atoms with Crippen LogP contribution in [0.3, 0.4) is 0 Å². The molecule has 10 nitrogen and oxygen atoms in total. The zero-order valence-corrected chi connectivity index (χ0v) is 22.0. The van der Waals surface area contributed by atoms with Crippen LogP contribution in [-0.2, 0) is 11.3 Å². The second-order valence-electron chi connectivity index (χ2n) is 9.44. The van der Waals surface area contributed by atoms with Gasteiger partial charge < -0.3 is 19.5 Å². The highest BCUT2D eigenvalue weighted by Gasteiger charge is 2.31. The van der Waals surface area contributed by atoms with Gasteiger partial charge in [0, 0.05) is 23.6 Å². The van der Waals surface area contributed by atoms with E-state index in [1.807, 2.05) is 37.3 Å². The van der Waals surface area contributed by atoms with E-state index in [-0.39, 0.29) is 18.5 Å². The first-order valence-electron chi connectivity index (χ1n) is 13.1. The second kappa shape index (κ2) is 11.9. The third kappa shape index (κ3) is 6.17. The molecule has 1 atom stereocenters. The van der Waals surface area contributed by atoms with E-state index in [2.05, 4.69) is 15.3 Å². The summed E-state index contributed by atoms with van der Waals surface area (Å²) in [7, 11) is 1.62. The number of nitrogens with zero attached hydrogens (tertiary/aromatic N) is 4. The van der Waals surface area contributed by atoms with Crippen LogP contribution in [0, 0.1) is 0 Å². The van der Waals surface area contributed by atoms with E-state index in [1.165, 1.54) is 17.4 Å². The molecular formula is C29H31N5O5. The number of ether oxygens (including phenoxy) is 3. The lowest BCUT2D eigenvalue weighted by molar-refractivity contribution is 0.0712. The van der Waals surface area contributed by atoms with Gasteiger partial charge in [0.25, 0.3) is 5.91 Å². The number of benzene rings is 2. The Labute approximate surface area is 227 Å². The summed E-state index contributed by atoms with van der Waals surface area (Å²) in [5.41, 5.74) is 2.87. The van der Waals surface area contributed by atoms with Gasteiger partial charge in [-0.3, -0.25) is 4.79 Å². The van der Waals surface area contributed by atoms with E-state index in [4.69, 9.17) is 19.3 Å². The predicted octanol–water partition coefficient (Wildman–Crippen LogP) is 5.19. The summed E-state index contributed by atoms with van der Waals surface area (Å²) < 4.78 is 17.6. The molecule has 39 heavy (non-hydrogen) atoms. The van der Waals surface area contributed by atoms with Crippen molar-refractivity contribution in [1.29, 1.82) is 0 Å². The van der Waals surface area contributed by atoms with Gasteiger partial charge in [0.05, 0.1) is 19.8 Å². The van der Waals surface area contributed by atoms with Crippen molar-refractivity contribution >= 4 is 23.4 Å². The first kappa shape index (κ1) is 26.1. The maximum Gasteiger partial charge on any atom is 0.431 e. The number of carbonyl (C=O) groups is 2. The molecule has 0 spiro atoms. The number of nitrogens with one attached hydrogen (secondary N) is 1. The normalized spacial score (nSPS) is 17.4. The number of hydrazone groups is 1. The van der Waals surface area contributed by atoms with E-state index in [0.29, 0.717) is 29.3 Å². The molecule has 5 rings (SSSR count). The Morgan fingerprint density at radius 2 is 1.82 bits per heavy atom. The maximum atomic E-state index is 12.8. The third-order valence-electron chi connectivity index (χ3n) is 6.73. The van der Waals surface area contributed by atoms with Crippen molar-refractivity contribution in [3.05, 3.63) is 77.9 Å². The Morgan fingerprint density at radius 3 is 2.51 bits per heavy atom. The van der Waals surface area contributed by atoms with Crippen molar-refractivity contribution in [3.63, 3.8) is 0 Å². The van der Waals surface area contributed by atoms with Crippen LogP contribution in [0.2, 0.25) is 0 Å². The molecule has 1 aromatic heterocycles. The number of carbonyl (C=O) groups excluding carboxylic acids is 2. The second-order valence-corrected chi connectivity index (χ2v) is 9.44. The van der Waals surface area contributed by atoms with Gasteiger partial charge >= 0.3 is 6.09 Å². The highest BCUT2D eigenvalue weighted by Crippen LogP contribution is 2.34. The summed E-state index contributed by atoms with van der Waals surface area (Å²) in [5.74, 6) is 1.01. The van der Waals surface area contributed by atoms with Crippen LogP contribution < -0.4 is 14.8 Å². The monoisotopic (exact) mass is 529 g/mol. The zero-order chi connectivity index (χ0) is 27.2. The number of rotatable bonds is 9. The van der Waals surface area contributed by atoms with E-state index in [0.717, 1.165) is 36.8 Å². The molecule has 2 aliphatic rings. The molecule has 3 aromatic rings. The molecule has 202 valence electrons. The van der Waals surface area contributed by atoms with Crippen molar-refractivity contribution in [2.45, 2.75) is 57.8 Å². The minimum Gasteiger partial charge on any atom is -0.493 e. The standard InChI is InChI=1S/C29H31N5O5/c1-3-23-26(20-11-14-24(37-2)25(17-20)38-22-7-4-5-8-22)33-34(29(36)39-23)18-19-9-12-21(13-10-19)32-28(35)27-30-15-6-16-31-27/h6,9-17,22-23H,3-5,7-8,18H2,1-2H3,(H,32,35). The van der Waals surface area contributed by atoms with Crippen LogP contribution in [-0.4, -0.2) is 52.0 Å². The Bertz CT molecular complexity index is 1340. The van der Waals surface area contributed by atoms with Gasteiger partial charge in [0.2, 0.25) is 5.82 Å². The molecule has 10 heteroatoms. The van der Waals surface area contributed by atoms with Crippen molar-refractivity contribution < 1.29 is 23.8 Å². The maximum absolute atomic E-state index is 12.8. The van der Waals surface area contributed by atoms with E-state index in [9.17, 15) is 9.59 Å². The molecule has 2 amide bonds. The van der Waals surface area contributed by atoms with E-state index < -0.39 is 18.1 Å². The van der Waals surface area contributed by atoms with Crippen LogP contribution in [0.1, 0.15) is 60.8 Å². The number of methoxy groups -OCH3 is 1. The topological polar surface area (TPSA) is 115 Å². The van der Waals surface area contributed by atoms with Gasteiger partial charge in [-0.2, -0.15) is 10.1 Å². The Hall–Kier alpha value is -4.47. The van der Waals surface area contributed by atoms with Crippen LogP contribution in [0.25, 0.3) is 0 Å². The quantitative estimate of drug-likeness (QED) is 0.405. The summed E-state index contributed by atoms with van der Waals surface area (Å²) in [5, 5.41) is 8.79. The molecule has 2 aromatic carbocycles. The first-order chi connectivity index (χ1) is 19.0. The third-order valence-corrected chi connectivity index (χ3v) is 6.73. The van der Waals surface area contributed by atoms with Gasteiger partial charge in [-0.25, -0.2) is 14.8 Å². The molecule has 1 aliphatic heterocycles. The van der Waals surface area contributed by atoms with E-state index in [1.54, 1.807) is 25.3 Å². The molecule has 1 fully saturated rings. The largest absolute Gasteiger partial charge is 0.493 e. The minimum atomic E-state index is -0.514. The molecule has 0 saturated heterocycles. The lowest BCUT2D eigenvalue weighted by atomic mass is 10.0. The lowest BCUT2D eigenvalue weighted by Gasteiger charge is -2.29. The SMILES string of the molecule is CCC1OC(=O)N(Cc2ccc(NC(=O)c3ncccn3)cc2)N=C1c1ccc(OC)c(OC2CCCC2)c1. The fraction of sp³-hybridized carbons (Fsp3) is 0.345. The van der Waals surface area contributed by atoms with Crippen molar-refractivity contribution in [2.75, 3.05) is 12.4 Å². The minimum absolute atomic E-state index is 0.0836. The first-order valence-corrected chi connectivity index (χ1v) is 13.1. The van der Waals surface area contributed by atoms with Crippen molar-refractivity contribution in [2.24, 2.45) is 5.10 Å². The average Bonchev–Trinajstić information content (AvgIpc) is 3.48. The summed E-state index contributed by atoms with van der Waals surface area (Å²) in [4.78, 5) is 33.0. The number of hydrogen-bond acceptors (Lipinski definition) is 8. The van der Waals surface area contributed by atoms with Crippen LogP contribution in [0.15, 0.2) is 66.0 Å². The van der Waals surface area contributed by atoms with Crippen molar-refractivity contribution in [1.82, 2.24) is 15.0 Å². The Balaban J connectivity index is 1.33. The van der Waals surface area contributed by atoms with Gasteiger partial charge in [0.1, 0.15) is 11.8 Å². The molecule has 1 saturated carbocycles. The molecule has 0 bridgehead atoms. The lowest BCUT2D eigenvalue weighted by Crippen LogP contribution is -2.41. The van der Waals surface area contributed by atoms with Gasteiger partial charge in [-0.15, -0.1) is 0 Å². The molecule has 0 radical (unpaired) electrons. The molecular weight excluding hydrogens is 498 g/mol. The average molecular weight is 530 g/mol. The molecule has 1 aliphatic carbocycles. The zero-order valence-electron chi connectivity index (χ0n) is 22.0. The van der Waals surface area contributed by atoms with Crippen LogP contribution in [0.5, 0.6) is 11.5 Å². The number of hydrogen-bond donors (Lipinski definition) is 1. The number of cyclic esters (lactones) is 1. The van der Waals surface area contributed by atoms with Crippen LogP contribution >= 0.6 is 0 Å². The Kier molecular flexibility index (Phi) is 8.00. The summed E-state index contributed by atoms with van der Waals surface area (Å²) >= 11 is 0. The summed E-state index contributed by atoms with van der Waals surface area (Å²) in [6.45, 7) is 2.16. The van der Waals surface area contributed by atoms with Gasteiger partial charge in [0.15, 0.2) is 11.5 Å². The smallest absolute Gasteiger partial charge is 0.431 e. The fourth-order valence-corrected chi connectivity index (χ4v) is 4.68. The number of anilines is 1. The highest BCUT2D eigenvalue weighted by molar-refractivity contribution is 6.06. The fourth-order valence-electron chi connectivity index (χ4n) is 4.68. The Morgan fingerprint density at radius 1 is 1.08 bits per heavy atom. The summed E-state index contributed by atoms with van der Waals surface area (Å²) in [6, 6.07) is 14.5. The van der Waals surface area contributed by atoms with E-state index >= 15 is 0 Å². The summed E-state index contributed by atoms with van der Waals surface area (Å²) in [6.07, 6.45) is 7.17. The highest BCUT2D eigenvalue weighted by atomic mass is 16.6. The molecule has 2 heterocycles.